The Hall–Kier alpha value is -3.20. The van der Waals surface area contributed by atoms with E-state index in [0.29, 0.717) is 5.89 Å². The lowest BCUT2D eigenvalue weighted by atomic mass is 9.84. The Balaban J connectivity index is 1.79. The van der Waals surface area contributed by atoms with E-state index in [1.807, 2.05) is 6.07 Å². The van der Waals surface area contributed by atoms with Crippen molar-refractivity contribution in [2.24, 2.45) is 0 Å². The molecule has 0 aliphatic heterocycles. The molecule has 1 aromatic heterocycles. The molecule has 0 aliphatic carbocycles. The normalized spacial score (nSPS) is 11.5. The molecule has 0 bridgehead atoms. The molecule has 4 rings (SSSR count). The molecule has 0 atom stereocenters. The van der Waals surface area contributed by atoms with Crippen LogP contribution in [-0.2, 0) is 5.41 Å². The summed E-state index contributed by atoms with van der Waals surface area (Å²) in [7, 11) is 0. The second kappa shape index (κ2) is 6.84. The maximum atomic E-state index is 5.52. The molecular formula is C24H22N2O. The van der Waals surface area contributed by atoms with Crippen LogP contribution in [0.5, 0.6) is 0 Å². The molecule has 0 saturated carbocycles. The second-order valence-electron chi connectivity index (χ2n) is 7.70. The second-order valence-corrected chi connectivity index (χ2v) is 7.70. The lowest BCUT2D eigenvalue weighted by molar-refractivity contribution is 0.567. The van der Waals surface area contributed by atoms with Crippen LogP contribution in [0.25, 0.3) is 33.7 Å². The highest BCUT2D eigenvalue weighted by Crippen LogP contribution is 2.36. The van der Waals surface area contributed by atoms with Crippen LogP contribution < -0.4 is 0 Å². The predicted octanol–water partition coefficient (Wildman–Crippen LogP) is 6.37. The van der Waals surface area contributed by atoms with Crippen LogP contribution in [-0.4, -0.2) is 10.2 Å². The highest BCUT2D eigenvalue weighted by Gasteiger charge is 2.19. The van der Waals surface area contributed by atoms with E-state index in [1.54, 1.807) is 0 Å². The Morgan fingerprint density at radius 1 is 0.704 bits per heavy atom. The average molecular weight is 354 g/mol. The number of benzene rings is 3. The van der Waals surface area contributed by atoms with Crippen LogP contribution in [0.4, 0.5) is 0 Å². The Kier molecular flexibility index (Phi) is 4.36. The zero-order valence-corrected chi connectivity index (χ0v) is 15.8. The molecule has 134 valence electrons. The van der Waals surface area contributed by atoms with Crippen molar-refractivity contribution in [2.75, 3.05) is 0 Å². The molecule has 0 saturated heterocycles. The van der Waals surface area contributed by atoms with Gasteiger partial charge in [0.1, 0.15) is 0 Å². The first-order valence-corrected chi connectivity index (χ1v) is 9.09. The Bertz CT molecular complexity index is 1030. The first kappa shape index (κ1) is 17.2. The van der Waals surface area contributed by atoms with Crippen LogP contribution in [0.3, 0.4) is 0 Å². The van der Waals surface area contributed by atoms with Gasteiger partial charge in [-0.2, -0.15) is 0 Å². The highest BCUT2D eigenvalue weighted by atomic mass is 16.4. The van der Waals surface area contributed by atoms with Gasteiger partial charge in [-0.25, -0.2) is 0 Å². The largest absolute Gasteiger partial charge is 0.423 e. The first-order chi connectivity index (χ1) is 13.0. The lowest BCUT2D eigenvalue weighted by Gasteiger charge is -2.21. The summed E-state index contributed by atoms with van der Waals surface area (Å²) in [6.07, 6.45) is 1.38. The number of hydrogen-bond acceptors (Lipinski definition) is 3. The van der Waals surface area contributed by atoms with E-state index in [-0.39, 0.29) is 5.41 Å². The molecule has 3 heteroatoms. The van der Waals surface area contributed by atoms with Crippen molar-refractivity contribution < 1.29 is 4.42 Å². The molecule has 0 radical (unpaired) electrons. The van der Waals surface area contributed by atoms with Gasteiger partial charge in [0.25, 0.3) is 0 Å². The monoisotopic (exact) mass is 354 g/mol. The quantitative estimate of drug-likeness (QED) is 0.429. The van der Waals surface area contributed by atoms with Gasteiger partial charge in [-0.15, -0.1) is 10.2 Å². The third-order valence-electron chi connectivity index (χ3n) is 4.78. The summed E-state index contributed by atoms with van der Waals surface area (Å²) in [5.41, 5.74) is 6.88. The van der Waals surface area contributed by atoms with Crippen molar-refractivity contribution in [2.45, 2.75) is 26.2 Å². The van der Waals surface area contributed by atoms with Crippen molar-refractivity contribution in [3.8, 4) is 33.7 Å². The predicted molar refractivity (Wildman–Crippen MR) is 109 cm³/mol. The molecule has 27 heavy (non-hydrogen) atoms. The lowest BCUT2D eigenvalue weighted by Crippen LogP contribution is -2.11. The molecule has 0 fully saturated rings. The number of rotatable bonds is 3. The fourth-order valence-electron chi connectivity index (χ4n) is 3.20. The van der Waals surface area contributed by atoms with Gasteiger partial charge in [0.15, 0.2) is 0 Å². The van der Waals surface area contributed by atoms with Crippen molar-refractivity contribution in [1.29, 1.82) is 0 Å². The van der Waals surface area contributed by atoms with Gasteiger partial charge in [-0.05, 0) is 39.3 Å². The fraction of sp³-hybridized carbons (Fsp3) is 0.167. The van der Waals surface area contributed by atoms with Gasteiger partial charge in [-0.1, -0.05) is 87.5 Å². The topological polar surface area (TPSA) is 38.9 Å². The minimum absolute atomic E-state index is 0.0461. The standard InChI is InChI=1S/C24H22N2O/c1-24(2,3)20-13-14-21(22(15-20)23-26-25-16-27-23)19-11-9-18(10-12-19)17-7-5-4-6-8-17/h4-16H,1-3H3. The van der Waals surface area contributed by atoms with Crippen LogP contribution in [0.1, 0.15) is 26.3 Å². The molecule has 3 nitrogen and oxygen atoms in total. The molecule has 0 aliphatic rings. The zero-order valence-electron chi connectivity index (χ0n) is 15.8. The van der Waals surface area contributed by atoms with E-state index in [0.717, 1.165) is 16.7 Å². The summed E-state index contributed by atoms with van der Waals surface area (Å²) in [4.78, 5) is 0. The van der Waals surface area contributed by atoms with Gasteiger partial charge in [0, 0.05) is 5.56 Å². The smallest absolute Gasteiger partial charge is 0.248 e. The van der Waals surface area contributed by atoms with Gasteiger partial charge < -0.3 is 4.42 Å². The summed E-state index contributed by atoms with van der Waals surface area (Å²) in [5.74, 6) is 0.545. The van der Waals surface area contributed by atoms with Crippen LogP contribution in [0.2, 0.25) is 0 Å². The fourth-order valence-corrected chi connectivity index (χ4v) is 3.20. The minimum Gasteiger partial charge on any atom is -0.423 e. The third-order valence-corrected chi connectivity index (χ3v) is 4.78. The van der Waals surface area contributed by atoms with Crippen LogP contribution in [0, 0.1) is 0 Å². The van der Waals surface area contributed by atoms with Gasteiger partial charge in [0.05, 0.1) is 0 Å². The summed E-state index contributed by atoms with van der Waals surface area (Å²) < 4.78 is 5.52. The molecule has 0 spiro atoms. The SMILES string of the molecule is CC(C)(C)c1ccc(-c2ccc(-c3ccccc3)cc2)c(-c2nnco2)c1. The number of aromatic nitrogens is 2. The number of hydrogen-bond donors (Lipinski definition) is 0. The number of nitrogens with zero attached hydrogens (tertiary/aromatic N) is 2. The Labute approximate surface area is 159 Å². The molecule has 1 heterocycles. The summed E-state index contributed by atoms with van der Waals surface area (Å²) >= 11 is 0. The molecule has 4 aromatic rings. The van der Waals surface area contributed by atoms with Crippen LogP contribution in [0.15, 0.2) is 83.6 Å². The Morgan fingerprint density at radius 2 is 1.37 bits per heavy atom. The highest BCUT2D eigenvalue weighted by molar-refractivity contribution is 5.81. The van der Waals surface area contributed by atoms with Crippen LogP contribution >= 0.6 is 0 Å². The van der Waals surface area contributed by atoms with E-state index >= 15 is 0 Å². The molecule has 0 amide bonds. The Morgan fingerprint density at radius 3 is 2.00 bits per heavy atom. The maximum absolute atomic E-state index is 5.52. The summed E-state index contributed by atoms with van der Waals surface area (Å²) in [6, 6.07) is 25.5. The molecule has 3 aromatic carbocycles. The minimum atomic E-state index is 0.0461. The average Bonchev–Trinajstić information content (AvgIpc) is 3.22. The van der Waals surface area contributed by atoms with E-state index in [1.165, 1.54) is 23.1 Å². The van der Waals surface area contributed by atoms with E-state index in [2.05, 4.69) is 97.7 Å². The third kappa shape index (κ3) is 3.54. The molecule has 0 N–H and O–H groups in total. The summed E-state index contributed by atoms with van der Waals surface area (Å²) in [6.45, 7) is 6.61. The molecule has 0 unspecified atom stereocenters. The first-order valence-electron chi connectivity index (χ1n) is 9.09. The summed E-state index contributed by atoms with van der Waals surface area (Å²) in [5, 5.41) is 8.01. The van der Waals surface area contributed by atoms with E-state index < -0.39 is 0 Å². The van der Waals surface area contributed by atoms with Gasteiger partial charge >= 0.3 is 0 Å². The van der Waals surface area contributed by atoms with Crippen molar-refractivity contribution >= 4 is 0 Å². The van der Waals surface area contributed by atoms with E-state index in [9.17, 15) is 0 Å². The van der Waals surface area contributed by atoms with Gasteiger partial charge in [0.2, 0.25) is 12.3 Å². The zero-order chi connectivity index (χ0) is 18.9. The van der Waals surface area contributed by atoms with Crippen molar-refractivity contribution in [3.05, 3.63) is 84.8 Å². The maximum Gasteiger partial charge on any atom is 0.248 e. The van der Waals surface area contributed by atoms with Crippen molar-refractivity contribution in [1.82, 2.24) is 10.2 Å². The molecular weight excluding hydrogens is 332 g/mol. The van der Waals surface area contributed by atoms with Crippen molar-refractivity contribution in [3.63, 3.8) is 0 Å². The van der Waals surface area contributed by atoms with Gasteiger partial charge in [-0.3, -0.25) is 0 Å². The van der Waals surface area contributed by atoms with E-state index in [4.69, 9.17) is 4.42 Å².